The Kier molecular flexibility index (Phi) is 3.60. The van der Waals surface area contributed by atoms with E-state index in [0.29, 0.717) is 17.3 Å². The first-order valence-electron chi connectivity index (χ1n) is 5.85. The molecule has 0 saturated carbocycles. The molecule has 0 aromatic heterocycles. The highest BCUT2D eigenvalue weighted by Crippen LogP contribution is 2.20. The Morgan fingerprint density at radius 2 is 2.41 bits per heavy atom. The van der Waals surface area contributed by atoms with Crippen molar-refractivity contribution in [2.24, 2.45) is 0 Å². The van der Waals surface area contributed by atoms with Crippen LogP contribution < -0.4 is 10.2 Å². The maximum Gasteiger partial charge on any atom is 0.147 e. The van der Waals surface area contributed by atoms with Crippen LogP contribution in [-0.2, 0) is 0 Å². The quantitative estimate of drug-likeness (QED) is 0.866. The highest BCUT2D eigenvalue weighted by Gasteiger charge is 2.17. The minimum absolute atomic E-state index is 0.329. The van der Waals surface area contributed by atoms with Gasteiger partial charge in [-0.05, 0) is 37.6 Å². The van der Waals surface area contributed by atoms with E-state index in [9.17, 15) is 4.39 Å². The summed E-state index contributed by atoms with van der Waals surface area (Å²) in [6, 6.07) is 6.98. The molecule has 1 atom stereocenters. The maximum atomic E-state index is 13.7. The summed E-state index contributed by atoms with van der Waals surface area (Å²) in [6.45, 7) is 1.84. The van der Waals surface area contributed by atoms with Crippen LogP contribution in [0.1, 0.15) is 18.4 Å². The zero-order valence-electron chi connectivity index (χ0n) is 9.91. The summed E-state index contributed by atoms with van der Waals surface area (Å²) in [5, 5.41) is 12.1. The Labute approximate surface area is 101 Å². The Bertz CT molecular complexity index is 433. The molecule has 1 aromatic carbocycles. The van der Waals surface area contributed by atoms with E-state index in [1.165, 1.54) is 12.5 Å². The second kappa shape index (κ2) is 5.15. The molecule has 90 valence electrons. The summed E-state index contributed by atoms with van der Waals surface area (Å²) in [6.07, 6.45) is 2.33. The van der Waals surface area contributed by atoms with Gasteiger partial charge in [-0.2, -0.15) is 5.26 Å². The molecule has 0 amide bonds. The van der Waals surface area contributed by atoms with Gasteiger partial charge in [0.1, 0.15) is 5.82 Å². The molecule has 4 heteroatoms. The minimum atomic E-state index is -0.329. The molecule has 0 spiro atoms. The lowest BCUT2D eigenvalue weighted by atomic mass is 10.1. The standard InChI is InChI=1S/C13H16FN3/c1-17(9-11-3-2-6-16-11)13-5-4-10(8-15)7-12(13)14/h4-5,7,11,16H,2-3,6,9H2,1H3. The lowest BCUT2D eigenvalue weighted by Crippen LogP contribution is -2.35. The van der Waals surface area contributed by atoms with E-state index in [-0.39, 0.29) is 5.82 Å². The molecular formula is C13H16FN3. The third kappa shape index (κ3) is 2.75. The van der Waals surface area contributed by atoms with Gasteiger partial charge in [0.15, 0.2) is 0 Å². The summed E-state index contributed by atoms with van der Waals surface area (Å²) in [4.78, 5) is 1.90. The highest BCUT2D eigenvalue weighted by atomic mass is 19.1. The SMILES string of the molecule is CN(CC1CCCN1)c1ccc(C#N)cc1F. The molecule has 3 nitrogen and oxygen atoms in total. The number of halogens is 1. The van der Waals surface area contributed by atoms with Gasteiger partial charge in [0, 0.05) is 19.6 Å². The lowest BCUT2D eigenvalue weighted by molar-refractivity contribution is 0.582. The van der Waals surface area contributed by atoms with E-state index in [4.69, 9.17) is 5.26 Å². The van der Waals surface area contributed by atoms with Crippen LogP contribution in [-0.4, -0.2) is 26.2 Å². The van der Waals surface area contributed by atoms with Gasteiger partial charge < -0.3 is 10.2 Å². The van der Waals surface area contributed by atoms with Gasteiger partial charge in [0.05, 0.1) is 17.3 Å². The van der Waals surface area contributed by atoms with Gasteiger partial charge in [0.2, 0.25) is 0 Å². The molecule has 1 fully saturated rings. The number of nitrogens with zero attached hydrogens (tertiary/aromatic N) is 2. The zero-order chi connectivity index (χ0) is 12.3. The van der Waals surface area contributed by atoms with Crippen LogP contribution in [0.2, 0.25) is 0 Å². The Balaban J connectivity index is 2.08. The molecule has 1 aliphatic rings. The average Bonchev–Trinajstić information content (AvgIpc) is 2.81. The fourth-order valence-electron chi connectivity index (χ4n) is 2.23. The van der Waals surface area contributed by atoms with Crippen molar-refractivity contribution >= 4 is 5.69 Å². The van der Waals surface area contributed by atoms with E-state index in [1.807, 2.05) is 18.0 Å². The highest BCUT2D eigenvalue weighted by molar-refractivity contribution is 5.50. The van der Waals surface area contributed by atoms with Gasteiger partial charge >= 0.3 is 0 Å². The summed E-state index contributed by atoms with van der Waals surface area (Å²) in [5.41, 5.74) is 0.913. The summed E-state index contributed by atoms with van der Waals surface area (Å²) < 4.78 is 13.7. The smallest absolute Gasteiger partial charge is 0.147 e. The topological polar surface area (TPSA) is 39.1 Å². The largest absolute Gasteiger partial charge is 0.371 e. The number of hydrogen-bond acceptors (Lipinski definition) is 3. The first kappa shape index (κ1) is 11.9. The zero-order valence-corrected chi connectivity index (χ0v) is 9.91. The maximum absolute atomic E-state index is 13.7. The van der Waals surface area contributed by atoms with Crippen LogP contribution in [0, 0.1) is 17.1 Å². The van der Waals surface area contributed by atoms with Crippen LogP contribution in [0.4, 0.5) is 10.1 Å². The third-order valence-corrected chi connectivity index (χ3v) is 3.14. The van der Waals surface area contributed by atoms with E-state index in [1.54, 1.807) is 12.1 Å². The second-order valence-corrected chi connectivity index (χ2v) is 4.45. The van der Waals surface area contributed by atoms with Gasteiger partial charge in [-0.15, -0.1) is 0 Å². The van der Waals surface area contributed by atoms with Crippen LogP contribution in [0.25, 0.3) is 0 Å². The van der Waals surface area contributed by atoms with Gasteiger partial charge in [-0.3, -0.25) is 0 Å². The molecule has 1 aromatic rings. The van der Waals surface area contributed by atoms with Crippen LogP contribution in [0.5, 0.6) is 0 Å². The summed E-state index contributed by atoms with van der Waals surface area (Å²) in [7, 11) is 1.88. The molecule has 0 bridgehead atoms. The Morgan fingerprint density at radius 3 is 3.00 bits per heavy atom. The molecule has 1 aliphatic heterocycles. The van der Waals surface area contributed by atoms with E-state index >= 15 is 0 Å². The predicted octanol–water partition coefficient (Wildman–Crippen LogP) is 1.89. The van der Waals surface area contributed by atoms with Crippen molar-refractivity contribution in [1.82, 2.24) is 5.32 Å². The van der Waals surface area contributed by atoms with Crippen LogP contribution >= 0.6 is 0 Å². The molecule has 1 saturated heterocycles. The van der Waals surface area contributed by atoms with Crippen molar-refractivity contribution in [2.75, 3.05) is 25.0 Å². The van der Waals surface area contributed by atoms with Crippen molar-refractivity contribution in [3.05, 3.63) is 29.6 Å². The molecule has 2 rings (SSSR count). The number of nitrogens with one attached hydrogen (secondary N) is 1. The number of rotatable bonds is 3. The van der Waals surface area contributed by atoms with Crippen molar-refractivity contribution in [3.8, 4) is 6.07 Å². The Hall–Kier alpha value is -1.60. The number of nitriles is 1. The molecular weight excluding hydrogens is 217 g/mol. The first-order valence-corrected chi connectivity index (χ1v) is 5.85. The van der Waals surface area contributed by atoms with Crippen LogP contribution in [0.15, 0.2) is 18.2 Å². The molecule has 1 unspecified atom stereocenters. The van der Waals surface area contributed by atoms with E-state index in [2.05, 4.69) is 5.32 Å². The Morgan fingerprint density at radius 1 is 1.59 bits per heavy atom. The number of anilines is 1. The fraction of sp³-hybridized carbons (Fsp3) is 0.462. The first-order chi connectivity index (χ1) is 8.20. The summed E-state index contributed by atoms with van der Waals surface area (Å²) >= 11 is 0. The third-order valence-electron chi connectivity index (χ3n) is 3.14. The molecule has 1 heterocycles. The van der Waals surface area contributed by atoms with Crippen molar-refractivity contribution in [1.29, 1.82) is 5.26 Å². The normalized spacial score (nSPS) is 19.0. The van der Waals surface area contributed by atoms with Gasteiger partial charge in [-0.25, -0.2) is 4.39 Å². The fourth-order valence-corrected chi connectivity index (χ4v) is 2.23. The van der Waals surface area contributed by atoms with Gasteiger partial charge in [0.25, 0.3) is 0 Å². The summed E-state index contributed by atoms with van der Waals surface area (Å²) in [5.74, 6) is -0.329. The monoisotopic (exact) mass is 233 g/mol. The van der Waals surface area contributed by atoms with Crippen LogP contribution in [0.3, 0.4) is 0 Å². The number of likely N-dealkylation sites (N-methyl/N-ethyl adjacent to an activating group) is 1. The predicted molar refractivity (Wildman–Crippen MR) is 65.4 cm³/mol. The second-order valence-electron chi connectivity index (χ2n) is 4.45. The minimum Gasteiger partial charge on any atom is -0.371 e. The van der Waals surface area contributed by atoms with E-state index in [0.717, 1.165) is 19.5 Å². The molecule has 0 radical (unpaired) electrons. The average molecular weight is 233 g/mol. The molecule has 17 heavy (non-hydrogen) atoms. The molecule has 1 N–H and O–H groups in total. The van der Waals surface area contributed by atoms with Crippen molar-refractivity contribution < 1.29 is 4.39 Å². The van der Waals surface area contributed by atoms with Crippen molar-refractivity contribution in [3.63, 3.8) is 0 Å². The lowest BCUT2D eigenvalue weighted by Gasteiger charge is -2.23. The van der Waals surface area contributed by atoms with E-state index < -0.39 is 0 Å². The number of hydrogen-bond donors (Lipinski definition) is 1. The number of benzene rings is 1. The van der Waals surface area contributed by atoms with Crippen molar-refractivity contribution in [2.45, 2.75) is 18.9 Å². The molecule has 0 aliphatic carbocycles. The van der Waals surface area contributed by atoms with Gasteiger partial charge in [-0.1, -0.05) is 0 Å².